The number of benzene rings is 9. The van der Waals surface area contributed by atoms with Gasteiger partial charge in [0.25, 0.3) is 0 Å². The molecule has 12 aromatic rings. The van der Waals surface area contributed by atoms with E-state index in [1.807, 2.05) is 91.0 Å². The molecular formula is C68H30N12. The highest BCUT2D eigenvalue weighted by molar-refractivity contribution is 6.14. The van der Waals surface area contributed by atoms with Crippen molar-refractivity contribution in [3.05, 3.63) is 232 Å². The summed E-state index contributed by atoms with van der Waals surface area (Å²) in [5.41, 5.74) is 14.8. The molecule has 0 bridgehead atoms. The third-order valence-electron chi connectivity index (χ3n) is 14.3. The van der Waals surface area contributed by atoms with Gasteiger partial charge in [0.05, 0.1) is 144 Å². The SMILES string of the molecule is N#Cc1cc(C#N)cc(-c2ccc3c(c2)c2cc(-c4cc(C#N)cc(C#N)c4)ccc2n3-c2ccc(C#N)cc2-c2ccncc2-n2c3ccc(-c4cc(C#N)cc(C#N)c4)cc3c3cc(-c4cc(C#N)cc(C#N)c4)ccc32)c1. The number of nitrogens with zero attached hydrogens (tertiary/aromatic N) is 12. The van der Waals surface area contributed by atoms with Crippen molar-refractivity contribution in [1.29, 1.82) is 47.4 Å². The second kappa shape index (κ2) is 19.4. The van der Waals surface area contributed by atoms with Crippen molar-refractivity contribution in [3.63, 3.8) is 0 Å². The van der Waals surface area contributed by atoms with Gasteiger partial charge in [-0.05, 0) is 190 Å². The monoisotopic (exact) mass is 1010 g/mol. The molecule has 362 valence electrons. The highest BCUT2D eigenvalue weighted by atomic mass is 15.0. The summed E-state index contributed by atoms with van der Waals surface area (Å²) in [4.78, 5) is 4.71. The first-order valence-corrected chi connectivity index (χ1v) is 24.6. The topological polar surface area (TPSA) is 237 Å². The van der Waals surface area contributed by atoms with Gasteiger partial charge < -0.3 is 9.13 Å². The van der Waals surface area contributed by atoms with Crippen molar-refractivity contribution in [2.75, 3.05) is 0 Å². The third kappa shape index (κ3) is 8.17. The average Bonchev–Trinajstić information content (AvgIpc) is 4.04. The molecular weight excluding hydrogens is 985 g/mol. The minimum Gasteiger partial charge on any atom is -0.309 e. The molecule has 9 aromatic carbocycles. The van der Waals surface area contributed by atoms with Crippen LogP contribution < -0.4 is 0 Å². The van der Waals surface area contributed by atoms with Crippen LogP contribution >= 0.6 is 0 Å². The number of pyridine rings is 1. The van der Waals surface area contributed by atoms with Gasteiger partial charge in [0.2, 0.25) is 0 Å². The van der Waals surface area contributed by atoms with E-state index in [1.165, 1.54) is 0 Å². The number of fused-ring (bicyclic) bond motifs is 6. The number of hydrogen-bond donors (Lipinski definition) is 0. The molecule has 3 aromatic heterocycles. The van der Waals surface area contributed by atoms with Crippen LogP contribution in [0.15, 0.2) is 182 Å². The Morgan fingerprint density at radius 3 is 0.850 bits per heavy atom. The summed E-state index contributed by atoms with van der Waals surface area (Å²) in [6.07, 6.45) is 3.49. The van der Waals surface area contributed by atoms with Crippen molar-refractivity contribution in [3.8, 4) is 122 Å². The largest absolute Gasteiger partial charge is 0.309 e. The lowest BCUT2D eigenvalue weighted by molar-refractivity contribution is 1.13. The van der Waals surface area contributed by atoms with Gasteiger partial charge >= 0.3 is 0 Å². The first-order valence-electron chi connectivity index (χ1n) is 24.6. The molecule has 0 fully saturated rings. The molecule has 0 radical (unpaired) electrons. The predicted octanol–water partition coefficient (Wildman–Crippen LogP) is 14.5. The standard InChI is InChI=1S/C68H30N12/c69-30-40-1-6-63(79-64-7-2-49(53-17-41(31-70)13-42(18-53)32-71)26-59(64)60-27-50(3-8-65(60)79)54-19-43(33-72)14-44(20-54)34-73)58(25-40)57-11-12-78-39-68(57)80-66-9-4-51(55-21-45(35-74)15-46(22-55)36-75)28-61(66)62-29-52(5-10-67(62)80)56-23-47(37-76)16-48(24-56)38-77/h1-29,39H. The maximum atomic E-state index is 10.6. The van der Waals surface area contributed by atoms with Crippen LogP contribution in [0.5, 0.6) is 0 Å². The van der Waals surface area contributed by atoms with Gasteiger partial charge in [0, 0.05) is 38.9 Å². The van der Waals surface area contributed by atoms with Crippen molar-refractivity contribution in [2.24, 2.45) is 0 Å². The van der Waals surface area contributed by atoms with Gasteiger partial charge in [-0.15, -0.1) is 0 Å². The van der Waals surface area contributed by atoms with E-state index in [9.17, 15) is 47.4 Å². The second-order valence-electron chi connectivity index (χ2n) is 18.9. The molecule has 0 unspecified atom stereocenters. The fourth-order valence-electron chi connectivity index (χ4n) is 10.8. The summed E-state index contributed by atoms with van der Waals surface area (Å²) in [7, 11) is 0. The van der Waals surface area contributed by atoms with E-state index in [0.717, 1.165) is 77.1 Å². The van der Waals surface area contributed by atoms with Crippen LogP contribution in [-0.2, 0) is 0 Å². The lowest BCUT2D eigenvalue weighted by Gasteiger charge is -2.18. The highest BCUT2D eigenvalue weighted by Gasteiger charge is 2.23. The maximum absolute atomic E-state index is 10.6. The van der Waals surface area contributed by atoms with E-state index in [0.29, 0.717) is 83.6 Å². The van der Waals surface area contributed by atoms with E-state index >= 15 is 0 Å². The Morgan fingerprint density at radius 1 is 0.250 bits per heavy atom. The maximum Gasteiger partial charge on any atom is 0.0992 e. The first kappa shape index (κ1) is 48.1. The number of nitriles is 9. The molecule has 0 amide bonds. The van der Waals surface area contributed by atoms with Crippen LogP contribution in [0.2, 0.25) is 0 Å². The van der Waals surface area contributed by atoms with Gasteiger partial charge in [-0.2, -0.15) is 47.4 Å². The normalized spacial score (nSPS) is 10.6. The fraction of sp³-hybridized carbons (Fsp3) is 0. The molecule has 0 aliphatic carbocycles. The zero-order valence-corrected chi connectivity index (χ0v) is 41.7. The Balaban J connectivity index is 1.12. The molecule has 12 heteroatoms. The molecule has 0 saturated heterocycles. The molecule has 0 aliphatic rings. The summed E-state index contributed by atoms with van der Waals surface area (Å²) in [5.74, 6) is 0. The van der Waals surface area contributed by atoms with E-state index in [4.69, 9.17) is 4.98 Å². The van der Waals surface area contributed by atoms with Crippen molar-refractivity contribution >= 4 is 43.6 Å². The van der Waals surface area contributed by atoms with E-state index in [-0.39, 0.29) is 0 Å². The minimum atomic E-state index is 0.341. The second-order valence-corrected chi connectivity index (χ2v) is 18.9. The number of rotatable bonds is 7. The van der Waals surface area contributed by atoms with Crippen LogP contribution in [0.3, 0.4) is 0 Å². The lowest BCUT2D eigenvalue weighted by Crippen LogP contribution is -2.02. The summed E-state index contributed by atoms with van der Waals surface area (Å²) < 4.78 is 4.25. The molecule has 0 N–H and O–H groups in total. The fourth-order valence-corrected chi connectivity index (χ4v) is 10.8. The highest BCUT2D eigenvalue weighted by Crippen LogP contribution is 2.44. The molecule has 12 nitrogen and oxygen atoms in total. The van der Waals surface area contributed by atoms with E-state index < -0.39 is 0 Å². The predicted molar refractivity (Wildman–Crippen MR) is 303 cm³/mol. The summed E-state index contributed by atoms with van der Waals surface area (Å²) in [5, 5.41) is 93.3. The van der Waals surface area contributed by atoms with Crippen LogP contribution in [-0.4, -0.2) is 14.1 Å². The van der Waals surface area contributed by atoms with Gasteiger partial charge in [-0.1, -0.05) is 24.3 Å². The quantitative estimate of drug-likeness (QED) is 0.146. The Hall–Kier alpha value is -12.9. The van der Waals surface area contributed by atoms with E-state index in [2.05, 4.69) is 63.8 Å². The van der Waals surface area contributed by atoms with Crippen LogP contribution in [0, 0.1) is 102 Å². The lowest BCUT2D eigenvalue weighted by atomic mass is 9.97. The van der Waals surface area contributed by atoms with Crippen LogP contribution in [0.4, 0.5) is 0 Å². The van der Waals surface area contributed by atoms with Crippen molar-refractivity contribution < 1.29 is 0 Å². The smallest absolute Gasteiger partial charge is 0.0992 e. The van der Waals surface area contributed by atoms with Gasteiger partial charge in [0.1, 0.15) is 0 Å². The van der Waals surface area contributed by atoms with Gasteiger partial charge in [-0.25, -0.2) is 0 Å². The minimum absolute atomic E-state index is 0.341. The van der Waals surface area contributed by atoms with Gasteiger partial charge in [0.15, 0.2) is 0 Å². The summed E-state index contributed by atoms with van der Waals surface area (Å²) in [6, 6.07) is 71.3. The zero-order chi connectivity index (χ0) is 55.2. The summed E-state index contributed by atoms with van der Waals surface area (Å²) in [6.45, 7) is 0. The molecule has 12 rings (SSSR count). The van der Waals surface area contributed by atoms with Crippen molar-refractivity contribution in [1.82, 2.24) is 14.1 Å². The first-order chi connectivity index (χ1) is 39.2. The van der Waals surface area contributed by atoms with Gasteiger partial charge in [-0.3, -0.25) is 4.98 Å². The Kier molecular flexibility index (Phi) is 11.7. The molecule has 3 heterocycles. The molecule has 0 atom stereocenters. The van der Waals surface area contributed by atoms with E-state index in [1.54, 1.807) is 91.3 Å². The Labute approximate surface area is 456 Å². The number of hydrogen-bond acceptors (Lipinski definition) is 10. The Morgan fingerprint density at radius 2 is 0.550 bits per heavy atom. The molecule has 80 heavy (non-hydrogen) atoms. The zero-order valence-electron chi connectivity index (χ0n) is 41.7. The molecule has 0 spiro atoms. The van der Waals surface area contributed by atoms with Crippen LogP contribution in [0.25, 0.3) is 111 Å². The third-order valence-corrected chi connectivity index (χ3v) is 14.3. The Bertz CT molecular complexity index is 4750. The number of aromatic nitrogens is 3. The van der Waals surface area contributed by atoms with Crippen LogP contribution in [0.1, 0.15) is 50.1 Å². The van der Waals surface area contributed by atoms with Crippen molar-refractivity contribution in [2.45, 2.75) is 0 Å². The molecule has 0 aliphatic heterocycles. The summed E-state index contributed by atoms with van der Waals surface area (Å²) >= 11 is 0. The molecule has 0 saturated carbocycles. The average molecular weight is 1020 g/mol.